The van der Waals surface area contributed by atoms with Crippen molar-refractivity contribution < 1.29 is 28.2 Å². The van der Waals surface area contributed by atoms with Crippen LogP contribution in [0.1, 0.15) is 64.5 Å². The van der Waals surface area contributed by atoms with E-state index in [-0.39, 0.29) is 70.5 Å². The first-order valence-corrected chi connectivity index (χ1v) is 21.9. The summed E-state index contributed by atoms with van der Waals surface area (Å²) in [5.74, 6) is 1.18. The summed E-state index contributed by atoms with van der Waals surface area (Å²) in [7, 11) is 1.76. The highest BCUT2D eigenvalue weighted by atomic mass is 35.5. The third kappa shape index (κ3) is 8.58. The first-order chi connectivity index (χ1) is 29.3. The van der Waals surface area contributed by atoms with Crippen LogP contribution < -0.4 is 35.5 Å². The lowest BCUT2D eigenvalue weighted by Gasteiger charge is -2.63. The van der Waals surface area contributed by atoms with E-state index in [9.17, 15) is 14.9 Å². The highest BCUT2D eigenvalue weighted by Crippen LogP contribution is 2.55. The lowest BCUT2D eigenvalue weighted by atomic mass is 9.49. The molecule has 0 spiro atoms. The number of nitrogens with zero attached hydrogens (tertiary/aromatic N) is 3. The number of likely N-dealkylation sites (tertiary alicyclic amines) is 1. The number of ether oxygens (including phenoxy) is 3. The number of nitriles is 1. The molecule has 4 aliphatic heterocycles. The van der Waals surface area contributed by atoms with Gasteiger partial charge in [-0.3, -0.25) is 25.1 Å². The highest BCUT2D eigenvalue weighted by molar-refractivity contribution is 6.31. The molecular formula is C47H57ClFN7O5. The van der Waals surface area contributed by atoms with Crippen molar-refractivity contribution in [1.29, 1.82) is 5.26 Å². The van der Waals surface area contributed by atoms with Crippen molar-refractivity contribution in [3.8, 4) is 29.1 Å². The second-order valence-electron chi connectivity index (χ2n) is 18.4. The minimum absolute atomic E-state index is 0.00843. The van der Waals surface area contributed by atoms with Gasteiger partial charge in [0, 0.05) is 73.8 Å². The molecule has 0 bridgehead atoms. The minimum Gasteiger partial charge on any atom is -0.490 e. The predicted octanol–water partition coefficient (Wildman–Crippen LogP) is 6.51. The van der Waals surface area contributed by atoms with E-state index < -0.39 is 5.82 Å². The number of nitrogens with one attached hydrogen (secondary N) is 4. The van der Waals surface area contributed by atoms with E-state index in [1.165, 1.54) is 0 Å². The number of piperidine rings is 1. The fourth-order valence-electron chi connectivity index (χ4n) is 10.5. The zero-order chi connectivity index (χ0) is 43.1. The smallest absolute Gasteiger partial charge is 0.244 e. The second kappa shape index (κ2) is 17.6. The Balaban J connectivity index is 0.776. The minimum atomic E-state index is -0.539. The number of amides is 2. The normalized spacial score (nSPS) is 27.3. The fourth-order valence-corrected chi connectivity index (χ4v) is 10.7. The van der Waals surface area contributed by atoms with Crippen LogP contribution in [0.25, 0.3) is 5.57 Å². The molecule has 3 aromatic rings. The number of benzene rings is 3. The summed E-state index contributed by atoms with van der Waals surface area (Å²) in [4.78, 5) is 30.3. The molecule has 4 N–H and O–H groups in total. The van der Waals surface area contributed by atoms with Crippen molar-refractivity contribution in [2.75, 3.05) is 46.4 Å². The molecule has 4 fully saturated rings. The quantitative estimate of drug-likeness (QED) is 0.160. The third-order valence-electron chi connectivity index (χ3n) is 13.6. The summed E-state index contributed by atoms with van der Waals surface area (Å²) in [6, 6.07) is 19.4. The number of halogens is 2. The lowest BCUT2D eigenvalue weighted by molar-refractivity contribution is -0.174. The van der Waals surface area contributed by atoms with Crippen molar-refractivity contribution in [2.24, 2.45) is 28.6 Å². The molecule has 3 aromatic carbocycles. The molecule has 14 heteroatoms. The van der Waals surface area contributed by atoms with Gasteiger partial charge in [0.25, 0.3) is 0 Å². The van der Waals surface area contributed by atoms with E-state index in [0.717, 1.165) is 56.5 Å². The van der Waals surface area contributed by atoms with Crippen LogP contribution in [0.4, 0.5) is 4.39 Å². The van der Waals surface area contributed by atoms with Gasteiger partial charge >= 0.3 is 0 Å². The van der Waals surface area contributed by atoms with Gasteiger partial charge in [-0.25, -0.2) is 0 Å². The van der Waals surface area contributed by atoms with E-state index >= 15 is 4.39 Å². The zero-order valence-electron chi connectivity index (χ0n) is 35.6. The van der Waals surface area contributed by atoms with Crippen LogP contribution in [0.15, 0.2) is 66.9 Å². The van der Waals surface area contributed by atoms with Crippen LogP contribution in [0.5, 0.6) is 23.0 Å². The Hall–Kier alpha value is -4.71. The van der Waals surface area contributed by atoms with E-state index in [0.29, 0.717) is 47.7 Å². The molecule has 1 aliphatic carbocycles. The average molecular weight is 854 g/mol. The Labute approximate surface area is 363 Å². The molecule has 324 valence electrons. The molecule has 12 nitrogen and oxygen atoms in total. The van der Waals surface area contributed by atoms with E-state index in [2.05, 4.69) is 59.9 Å². The molecular weight excluding hydrogens is 797 g/mol. The molecule has 2 amide bonds. The number of para-hydroxylation sites is 1. The van der Waals surface area contributed by atoms with Crippen LogP contribution in [0, 0.1) is 45.7 Å². The maximum Gasteiger partial charge on any atom is 0.244 e. The van der Waals surface area contributed by atoms with Gasteiger partial charge in [0.15, 0.2) is 11.5 Å². The molecule has 2 atom stereocenters. The number of hydrogen-bond acceptors (Lipinski definition) is 10. The molecule has 8 rings (SSSR count). The second-order valence-corrected chi connectivity index (χ2v) is 18.8. The van der Waals surface area contributed by atoms with Gasteiger partial charge < -0.3 is 29.7 Å². The van der Waals surface area contributed by atoms with Gasteiger partial charge in [-0.05, 0) is 74.1 Å². The van der Waals surface area contributed by atoms with Gasteiger partial charge in [0.2, 0.25) is 17.6 Å². The number of likely N-dealkylation sites (N-methyl/N-ethyl adjacent to an activating group) is 1. The number of hydrogen-bond donors (Lipinski definition) is 4. The van der Waals surface area contributed by atoms with Gasteiger partial charge in [-0.2, -0.15) is 9.65 Å². The van der Waals surface area contributed by atoms with Crippen molar-refractivity contribution in [3.63, 3.8) is 0 Å². The Morgan fingerprint density at radius 3 is 2.39 bits per heavy atom. The van der Waals surface area contributed by atoms with Crippen molar-refractivity contribution in [1.82, 2.24) is 31.1 Å². The third-order valence-corrected chi connectivity index (χ3v) is 14.0. The Bertz CT molecular complexity index is 2180. The lowest BCUT2D eigenvalue weighted by Crippen LogP contribution is -2.75. The van der Waals surface area contributed by atoms with Gasteiger partial charge in [0.1, 0.15) is 30.0 Å². The van der Waals surface area contributed by atoms with E-state index in [1.807, 2.05) is 30.5 Å². The molecule has 3 saturated heterocycles. The van der Waals surface area contributed by atoms with Crippen LogP contribution in [0.2, 0.25) is 5.02 Å². The zero-order valence-corrected chi connectivity index (χ0v) is 36.4. The topological polar surface area (TPSA) is 140 Å². The molecule has 0 aromatic heterocycles. The van der Waals surface area contributed by atoms with Crippen molar-refractivity contribution in [2.45, 2.75) is 77.9 Å². The molecule has 2 unspecified atom stereocenters. The predicted molar refractivity (Wildman–Crippen MR) is 231 cm³/mol. The number of fused-ring (bicyclic) bond motifs is 1. The summed E-state index contributed by atoms with van der Waals surface area (Å²) >= 11 is 6.26. The van der Waals surface area contributed by atoms with Crippen molar-refractivity contribution in [3.05, 3.63) is 88.8 Å². The van der Waals surface area contributed by atoms with Gasteiger partial charge in [0.05, 0.1) is 29.2 Å². The van der Waals surface area contributed by atoms with Crippen LogP contribution in [-0.4, -0.2) is 92.5 Å². The number of rotatable bonds is 12. The Morgan fingerprint density at radius 2 is 1.67 bits per heavy atom. The SMILES string of the molecule is CN1C=C(c2ccccc2Oc2cccc(OCCC3CCN(C4NCC(C(=O)NC5C(C)(C)C(Oc6ccc(C#N)c(Cl)c6)C5(C)C)CN4)CC3)c2F)C2CCNC2C1=O. The first kappa shape index (κ1) is 43.0. The highest BCUT2D eigenvalue weighted by Gasteiger charge is 2.64. The largest absolute Gasteiger partial charge is 0.490 e. The summed E-state index contributed by atoms with van der Waals surface area (Å²) in [6.45, 7) is 12.5. The van der Waals surface area contributed by atoms with Crippen molar-refractivity contribution >= 4 is 29.0 Å². The van der Waals surface area contributed by atoms with E-state index in [1.54, 1.807) is 48.3 Å². The van der Waals surface area contributed by atoms with Gasteiger partial charge in [-0.15, -0.1) is 0 Å². The summed E-state index contributed by atoms with van der Waals surface area (Å²) < 4.78 is 34.5. The number of carbonyl (C=O) groups excluding carboxylic acids is 2. The molecule has 1 saturated carbocycles. The van der Waals surface area contributed by atoms with Gasteiger partial charge in [-0.1, -0.05) is 63.6 Å². The fraction of sp³-hybridized carbons (Fsp3) is 0.511. The standard InChI is InChI=1S/C47H57ClFN7O5/c1-46(2)43(47(3,4)44(46)60-31-14-13-29(24-50)35(48)23-31)54-41(57)30-25-52-45(53-26-30)56-20-16-28(17-21-56)18-22-59-37-11-8-12-38(39(37)49)61-36-10-7-6-9-32(36)34-27-55(5)42(58)40-33(34)15-19-51-40/h6-14,23,27-28,30,33,40,43-45,51-53H,15-22,25-26H2,1-5H3,(H,54,57). The van der Waals surface area contributed by atoms with Crippen LogP contribution in [-0.2, 0) is 9.59 Å². The summed E-state index contributed by atoms with van der Waals surface area (Å²) in [6.07, 6.45) is 5.34. The maximum absolute atomic E-state index is 15.8. The average Bonchev–Trinajstić information content (AvgIpc) is 3.76. The first-order valence-electron chi connectivity index (χ1n) is 21.5. The molecule has 4 heterocycles. The number of carbonyl (C=O) groups is 2. The molecule has 61 heavy (non-hydrogen) atoms. The summed E-state index contributed by atoms with van der Waals surface area (Å²) in [5.41, 5.74) is 1.58. The Kier molecular flexibility index (Phi) is 12.4. The molecule has 5 aliphatic rings. The monoisotopic (exact) mass is 853 g/mol. The van der Waals surface area contributed by atoms with Crippen LogP contribution >= 0.6 is 11.6 Å². The molecule has 0 radical (unpaired) electrons. The summed E-state index contributed by atoms with van der Waals surface area (Å²) in [5, 5.41) is 23.4. The Morgan fingerprint density at radius 1 is 0.967 bits per heavy atom. The maximum atomic E-state index is 15.8. The van der Waals surface area contributed by atoms with Crippen LogP contribution in [0.3, 0.4) is 0 Å². The van der Waals surface area contributed by atoms with E-state index in [4.69, 9.17) is 25.8 Å².